The molecule has 1 aromatic heterocycles. The molecule has 1 N–H and O–H groups in total. The van der Waals surface area contributed by atoms with Crippen LogP contribution in [0, 0.1) is 25.2 Å². The van der Waals surface area contributed by atoms with Crippen LogP contribution >= 0.6 is 23.2 Å². The van der Waals surface area contributed by atoms with Crippen LogP contribution in [-0.2, 0) is 6.54 Å². The van der Waals surface area contributed by atoms with Crippen LogP contribution in [0.2, 0.25) is 10.0 Å². The largest absolute Gasteiger partial charge is 0.319 e. The van der Waals surface area contributed by atoms with E-state index in [1.807, 2.05) is 19.9 Å². The van der Waals surface area contributed by atoms with Gasteiger partial charge in [0.05, 0.1) is 35.3 Å². The summed E-state index contributed by atoms with van der Waals surface area (Å²) in [6.45, 7) is 4.08. The van der Waals surface area contributed by atoms with Crippen molar-refractivity contribution in [3.05, 3.63) is 80.6 Å². The number of nitriles is 1. The summed E-state index contributed by atoms with van der Waals surface area (Å²) in [6, 6.07) is 13.9. The van der Waals surface area contributed by atoms with E-state index >= 15 is 0 Å². The fourth-order valence-electron chi connectivity index (χ4n) is 2.78. The van der Waals surface area contributed by atoms with Crippen LogP contribution < -0.4 is 5.32 Å². The zero-order valence-electron chi connectivity index (χ0n) is 14.8. The molecule has 0 saturated carbocycles. The molecule has 0 unspecified atom stereocenters. The van der Waals surface area contributed by atoms with Gasteiger partial charge in [0.25, 0.3) is 5.91 Å². The van der Waals surface area contributed by atoms with Crippen LogP contribution in [0.3, 0.4) is 0 Å². The summed E-state index contributed by atoms with van der Waals surface area (Å²) in [5.74, 6) is -0.298. The number of aryl methyl sites for hydroxylation is 1. The van der Waals surface area contributed by atoms with Gasteiger partial charge in [-0.15, -0.1) is 0 Å². The van der Waals surface area contributed by atoms with Crippen molar-refractivity contribution in [1.29, 1.82) is 5.26 Å². The average molecular weight is 399 g/mol. The number of rotatable bonds is 4. The zero-order valence-corrected chi connectivity index (χ0v) is 16.3. The van der Waals surface area contributed by atoms with Gasteiger partial charge in [0.15, 0.2) is 0 Å². The highest BCUT2D eigenvalue weighted by Gasteiger charge is 2.17. The number of aromatic nitrogens is 2. The van der Waals surface area contributed by atoms with Gasteiger partial charge in [0.2, 0.25) is 0 Å². The summed E-state index contributed by atoms with van der Waals surface area (Å²) < 4.78 is 1.75. The van der Waals surface area contributed by atoms with E-state index in [0.717, 1.165) is 11.3 Å². The van der Waals surface area contributed by atoms with E-state index in [9.17, 15) is 4.79 Å². The predicted octanol–water partition coefficient (Wildman–Crippen LogP) is 4.98. The Hall–Kier alpha value is -2.81. The summed E-state index contributed by atoms with van der Waals surface area (Å²) in [6.07, 6.45) is 0. The number of benzene rings is 2. The second-order valence-corrected chi connectivity index (χ2v) is 6.86. The molecule has 1 amide bonds. The number of nitrogens with one attached hydrogen (secondary N) is 1. The Morgan fingerprint density at radius 3 is 2.52 bits per heavy atom. The number of nitrogens with zero attached hydrogens (tertiary/aromatic N) is 3. The molecule has 3 aromatic rings. The topological polar surface area (TPSA) is 70.7 Å². The second kappa shape index (κ2) is 7.83. The first kappa shape index (κ1) is 19.0. The lowest BCUT2D eigenvalue weighted by molar-refractivity contribution is 0.102. The fraction of sp³-hybridized carbons (Fsp3) is 0.150. The lowest BCUT2D eigenvalue weighted by Crippen LogP contribution is -2.13. The molecule has 2 aromatic carbocycles. The molecule has 0 spiro atoms. The van der Waals surface area contributed by atoms with Crippen LogP contribution in [0.25, 0.3) is 0 Å². The first-order chi connectivity index (χ1) is 12.9. The number of hydrogen-bond donors (Lipinski definition) is 1. The van der Waals surface area contributed by atoms with Crippen molar-refractivity contribution in [3.8, 4) is 6.07 Å². The normalized spacial score (nSPS) is 10.5. The molecule has 0 atom stereocenters. The zero-order chi connectivity index (χ0) is 19.6. The molecule has 3 rings (SSSR count). The Bertz CT molecular complexity index is 1050. The highest BCUT2D eigenvalue weighted by Crippen LogP contribution is 2.27. The molecule has 0 aliphatic carbocycles. The molecule has 0 aliphatic heterocycles. The quantitative estimate of drug-likeness (QED) is 0.673. The molecular weight excluding hydrogens is 383 g/mol. The van der Waals surface area contributed by atoms with Gasteiger partial charge in [0, 0.05) is 21.2 Å². The molecule has 0 bridgehead atoms. The van der Waals surface area contributed by atoms with Crippen LogP contribution in [0.5, 0.6) is 0 Å². The van der Waals surface area contributed by atoms with Gasteiger partial charge in [-0.25, -0.2) is 0 Å². The molecule has 0 radical (unpaired) electrons. The van der Waals surface area contributed by atoms with Crippen molar-refractivity contribution >= 4 is 34.8 Å². The van der Waals surface area contributed by atoms with Crippen molar-refractivity contribution < 1.29 is 4.79 Å². The number of carbonyl (C=O) groups is 1. The molecular formula is C20H16Cl2N4O. The van der Waals surface area contributed by atoms with E-state index < -0.39 is 0 Å². The highest BCUT2D eigenvalue weighted by atomic mass is 35.5. The maximum atomic E-state index is 12.6. The van der Waals surface area contributed by atoms with Gasteiger partial charge in [-0.3, -0.25) is 9.48 Å². The third-order valence-electron chi connectivity index (χ3n) is 4.24. The number of amides is 1. The van der Waals surface area contributed by atoms with Crippen molar-refractivity contribution in [1.82, 2.24) is 9.78 Å². The fourth-order valence-corrected chi connectivity index (χ4v) is 3.30. The number of carbonyl (C=O) groups excluding carboxylic acids is 1. The lowest BCUT2D eigenvalue weighted by atomic mass is 10.1. The van der Waals surface area contributed by atoms with Crippen LogP contribution in [-0.4, -0.2) is 15.7 Å². The molecule has 0 aliphatic rings. The first-order valence-corrected chi connectivity index (χ1v) is 8.94. The number of anilines is 1. The first-order valence-electron chi connectivity index (χ1n) is 8.19. The lowest BCUT2D eigenvalue weighted by Gasteiger charge is -2.10. The maximum Gasteiger partial charge on any atom is 0.255 e. The number of hydrogen-bond acceptors (Lipinski definition) is 3. The molecule has 0 saturated heterocycles. The van der Waals surface area contributed by atoms with E-state index in [4.69, 9.17) is 28.5 Å². The number of halogens is 2. The monoisotopic (exact) mass is 398 g/mol. The molecule has 0 fully saturated rings. The van der Waals surface area contributed by atoms with Gasteiger partial charge in [-0.2, -0.15) is 10.4 Å². The van der Waals surface area contributed by atoms with Crippen LogP contribution in [0.4, 0.5) is 5.69 Å². The average Bonchev–Trinajstić information content (AvgIpc) is 2.92. The van der Waals surface area contributed by atoms with Gasteiger partial charge in [-0.05, 0) is 44.2 Å². The summed E-state index contributed by atoms with van der Waals surface area (Å²) in [4.78, 5) is 12.6. The Kier molecular flexibility index (Phi) is 5.50. The Morgan fingerprint density at radius 1 is 1.19 bits per heavy atom. The van der Waals surface area contributed by atoms with Crippen LogP contribution in [0.1, 0.15) is 32.9 Å². The standard InChI is InChI=1S/C20H16Cl2N4O/c1-12-19(24-20(27)15-6-3-5-14(9-15)10-23)13(2)26(25-12)11-16-17(21)7-4-8-18(16)22/h3-9H,11H2,1-2H3,(H,24,27). The summed E-state index contributed by atoms with van der Waals surface area (Å²) in [5.41, 5.74) is 3.71. The summed E-state index contributed by atoms with van der Waals surface area (Å²) >= 11 is 12.5. The second-order valence-electron chi connectivity index (χ2n) is 6.05. The van der Waals surface area contributed by atoms with E-state index in [-0.39, 0.29) is 5.91 Å². The minimum atomic E-state index is -0.298. The Morgan fingerprint density at radius 2 is 1.85 bits per heavy atom. The van der Waals surface area contributed by atoms with E-state index in [2.05, 4.69) is 10.4 Å². The van der Waals surface area contributed by atoms with E-state index in [0.29, 0.717) is 39.1 Å². The van der Waals surface area contributed by atoms with E-state index in [1.165, 1.54) is 0 Å². The minimum absolute atomic E-state index is 0.298. The Labute approximate surface area is 167 Å². The van der Waals surface area contributed by atoms with Crippen molar-refractivity contribution in [2.75, 3.05) is 5.32 Å². The van der Waals surface area contributed by atoms with Crippen molar-refractivity contribution in [3.63, 3.8) is 0 Å². The molecule has 27 heavy (non-hydrogen) atoms. The van der Waals surface area contributed by atoms with Gasteiger partial charge < -0.3 is 5.32 Å². The molecule has 136 valence electrons. The minimum Gasteiger partial charge on any atom is -0.319 e. The molecule has 7 heteroatoms. The summed E-state index contributed by atoms with van der Waals surface area (Å²) in [7, 11) is 0. The van der Waals surface area contributed by atoms with Gasteiger partial charge >= 0.3 is 0 Å². The van der Waals surface area contributed by atoms with Gasteiger partial charge in [0.1, 0.15) is 0 Å². The van der Waals surface area contributed by atoms with Crippen molar-refractivity contribution in [2.45, 2.75) is 20.4 Å². The maximum absolute atomic E-state index is 12.6. The predicted molar refractivity (Wildman–Crippen MR) is 106 cm³/mol. The molecule has 5 nitrogen and oxygen atoms in total. The smallest absolute Gasteiger partial charge is 0.255 e. The highest BCUT2D eigenvalue weighted by molar-refractivity contribution is 6.36. The van der Waals surface area contributed by atoms with Crippen molar-refractivity contribution in [2.24, 2.45) is 0 Å². The third kappa shape index (κ3) is 3.97. The van der Waals surface area contributed by atoms with E-state index in [1.54, 1.807) is 47.1 Å². The van der Waals surface area contributed by atoms with Gasteiger partial charge in [-0.1, -0.05) is 35.3 Å². The third-order valence-corrected chi connectivity index (χ3v) is 4.95. The molecule has 1 heterocycles. The Balaban J connectivity index is 1.88. The van der Waals surface area contributed by atoms with Crippen LogP contribution in [0.15, 0.2) is 42.5 Å². The SMILES string of the molecule is Cc1nn(Cc2c(Cl)cccc2Cl)c(C)c1NC(=O)c1cccc(C#N)c1. The summed E-state index contributed by atoms with van der Waals surface area (Å²) in [5, 5.41) is 17.5.